The second-order valence-electron chi connectivity index (χ2n) is 9.63. The van der Waals surface area contributed by atoms with Gasteiger partial charge in [0.15, 0.2) is 11.5 Å². The maximum Gasteiger partial charge on any atom is 0.238 e. The van der Waals surface area contributed by atoms with E-state index in [0.717, 1.165) is 11.3 Å². The lowest BCUT2D eigenvalue weighted by Crippen LogP contribution is -2.51. The second kappa shape index (κ2) is 7.90. The highest BCUT2D eigenvalue weighted by atomic mass is 16.3. The number of Topliss-reactive ketones (excluding diaryl/α,β-unsaturated/α-hetero) is 2. The Balaban J connectivity index is 1.55. The molecule has 7 rings (SSSR count). The number of para-hydroxylation sites is 2. The van der Waals surface area contributed by atoms with E-state index in [4.69, 9.17) is 4.42 Å². The largest absolute Gasteiger partial charge is 0.461 e. The standard InChI is InChI=1S/C31H22N2O4/c34-28(20-10-2-1-3-11-20)27-26(29(35)24-15-8-18-37-24)31(21-12-5-6-13-22(21)32-30(31)36)25-17-16-19-9-4-7-14-23(19)33(25)27/h1-18,25-27H,(H,32,36)/t25-,26-,27-,31+/m1/s1. The van der Waals surface area contributed by atoms with E-state index < -0.39 is 23.4 Å². The number of hydrogen-bond acceptors (Lipinski definition) is 5. The zero-order valence-electron chi connectivity index (χ0n) is 19.7. The van der Waals surface area contributed by atoms with Crippen molar-refractivity contribution in [1.82, 2.24) is 0 Å². The molecule has 3 aliphatic rings. The average Bonchev–Trinajstić information content (AvgIpc) is 3.65. The van der Waals surface area contributed by atoms with Gasteiger partial charge < -0.3 is 14.6 Å². The van der Waals surface area contributed by atoms with Gasteiger partial charge in [0, 0.05) is 16.9 Å². The van der Waals surface area contributed by atoms with Crippen molar-refractivity contribution < 1.29 is 18.8 Å². The number of carbonyl (C=O) groups excluding carboxylic acids is 3. The van der Waals surface area contributed by atoms with Gasteiger partial charge in [0.2, 0.25) is 11.7 Å². The third kappa shape index (κ3) is 2.84. The van der Waals surface area contributed by atoms with Crippen LogP contribution in [0, 0.1) is 5.92 Å². The fourth-order valence-electron chi connectivity index (χ4n) is 6.46. The molecule has 1 amide bonds. The van der Waals surface area contributed by atoms with Gasteiger partial charge in [-0.25, -0.2) is 0 Å². The smallest absolute Gasteiger partial charge is 0.238 e. The van der Waals surface area contributed by atoms with Gasteiger partial charge in [-0.2, -0.15) is 0 Å². The minimum absolute atomic E-state index is 0.129. The third-order valence-corrected chi connectivity index (χ3v) is 7.92. The van der Waals surface area contributed by atoms with E-state index in [9.17, 15) is 14.4 Å². The van der Waals surface area contributed by atoms with Crippen LogP contribution >= 0.6 is 0 Å². The Morgan fingerprint density at radius 2 is 1.59 bits per heavy atom. The topological polar surface area (TPSA) is 79.6 Å². The Labute approximate surface area is 213 Å². The summed E-state index contributed by atoms with van der Waals surface area (Å²) in [5.74, 6) is -1.78. The number of fused-ring (bicyclic) bond motifs is 6. The molecule has 180 valence electrons. The number of benzene rings is 3. The maximum atomic E-state index is 14.4. The van der Waals surface area contributed by atoms with Crippen molar-refractivity contribution in [3.8, 4) is 0 Å². The first-order valence-electron chi connectivity index (χ1n) is 12.3. The van der Waals surface area contributed by atoms with Crippen LogP contribution in [0.1, 0.15) is 32.0 Å². The van der Waals surface area contributed by atoms with Crippen LogP contribution in [0.3, 0.4) is 0 Å². The van der Waals surface area contributed by atoms with Gasteiger partial charge in [0.05, 0.1) is 18.2 Å². The summed E-state index contributed by atoms with van der Waals surface area (Å²) in [6.07, 6.45) is 5.38. The van der Waals surface area contributed by atoms with E-state index in [1.807, 2.05) is 71.6 Å². The van der Waals surface area contributed by atoms with Crippen molar-refractivity contribution in [2.24, 2.45) is 5.92 Å². The molecule has 37 heavy (non-hydrogen) atoms. The number of furan rings is 1. The molecular formula is C31H22N2O4. The Morgan fingerprint density at radius 1 is 0.838 bits per heavy atom. The Kier molecular flexibility index (Phi) is 4.60. The number of nitrogens with zero attached hydrogens (tertiary/aromatic N) is 1. The monoisotopic (exact) mass is 486 g/mol. The maximum absolute atomic E-state index is 14.4. The lowest BCUT2D eigenvalue weighted by Gasteiger charge is -2.37. The number of anilines is 2. The van der Waals surface area contributed by atoms with Gasteiger partial charge in [-0.3, -0.25) is 14.4 Å². The number of rotatable bonds is 4. The van der Waals surface area contributed by atoms with Crippen molar-refractivity contribution in [3.63, 3.8) is 0 Å². The summed E-state index contributed by atoms with van der Waals surface area (Å²) in [6, 6.07) is 25.9. The predicted molar refractivity (Wildman–Crippen MR) is 140 cm³/mol. The van der Waals surface area contributed by atoms with Gasteiger partial charge in [0.25, 0.3) is 0 Å². The van der Waals surface area contributed by atoms with Gasteiger partial charge in [-0.15, -0.1) is 0 Å². The zero-order chi connectivity index (χ0) is 25.1. The first-order valence-corrected chi connectivity index (χ1v) is 12.3. The summed E-state index contributed by atoms with van der Waals surface area (Å²) in [7, 11) is 0. The Morgan fingerprint density at radius 3 is 2.41 bits per heavy atom. The number of hydrogen-bond donors (Lipinski definition) is 1. The average molecular weight is 487 g/mol. The first-order chi connectivity index (χ1) is 18.1. The summed E-state index contributed by atoms with van der Waals surface area (Å²) in [6.45, 7) is 0. The molecule has 1 aromatic heterocycles. The molecule has 4 atom stereocenters. The normalized spacial score (nSPS) is 24.9. The van der Waals surface area contributed by atoms with Gasteiger partial charge >= 0.3 is 0 Å². The third-order valence-electron chi connectivity index (χ3n) is 7.92. The molecule has 0 aliphatic carbocycles. The molecule has 1 saturated heterocycles. The molecule has 3 aliphatic heterocycles. The fourth-order valence-corrected chi connectivity index (χ4v) is 6.46. The van der Waals surface area contributed by atoms with Gasteiger partial charge in [-0.1, -0.05) is 78.9 Å². The molecule has 3 aromatic carbocycles. The lowest BCUT2D eigenvalue weighted by molar-refractivity contribution is -0.121. The molecule has 6 nitrogen and oxygen atoms in total. The predicted octanol–water partition coefficient (Wildman–Crippen LogP) is 5.14. The van der Waals surface area contributed by atoms with Crippen LogP contribution in [0.4, 0.5) is 11.4 Å². The SMILES string of the molecule is O=C(c1ccccc1)[C@H]1[C@H](C(=O)c2ccco2)[C@@]2(C(=O)Nc3ccccc32)[C@H]2C=Cc3ccccc3N12. The van der Waals surface area contributed by atoms with Gasteiger partial charge in [-0.05, 0) is 35.4 Å². The van der Waals surface area contributed by atoms with E-state index in [1.54, 1.807) is 36.4 Å². The van der Waals surface area contributed by atoms with Crippen LogP contribution in [0.25, 0.3) is 6.08 Å². The van der Waals surface area contributed by atoms with Crippen LogP contribution < -0.4 is 10.2 Å². The highest BCUT2D eigenvalue weighted by Crippen LogP contribution is 2.58. The van der Waals surface area contributed by atoms with E-state index in [1.165, 1.54) is 6.26 Å². The second-order valence-corrected chi connectivity index (χ2v) is 9.63. The van der Waals surface area contributed by atoms with Crippen molar-refractivity contribution in [3.05, 3.63) is 126 Å². The number of ketones is 2. The number of nitrogens with one attached hydrogen (secondary N) is 1. The molecular weight excluding hydrogens is 464 g/mol. The highest BCUT2D eigenvalue weighted by molar-refractivity contribution is 6.18. The van der Waals surface area contributed by atoms with E-state index in [-0.39, 0.29) is 23.2 Å². The summed E-state index contributed by atoms with van der Waals surface area (Å²) >= 11 is 0. The summed E-state index contributed by atoms with van der Waals surface area (Å²) in [4.78, 5) is 44.9. The van der Waals surface area contributed by atoms with Crippen LogP contribution in [0.5, 0.6) is 0 Å². The van der Waals surface area contributed by atoms with E-state index in [0.29, 0.717) is 16.8 Å². The molecule has 0 saturated carbocycles. The van der Waals surface area contributed by atoms with Crippen LogP contribution in [0.15, 0.2) is 108 Å². The Hall–Kier alpha value is -4.71. The van der Waals surface area contributed by atoms with Crippen molar-refractivity contribution in [2.45, 2.75) is 17.5 Å². The summed E-state index contributed by atoms with van der Waals surface area (Å²) in [5.41, 5.74) is 2.27. The number of amides is 1. The molecule has 1 N–H and O–H groups in total. The van der Waals surface area contributed by atoms with Gasteiger partial charge in [0.1, 0.15) is 11.5 Å². The minimum Gasteiger partial charge on any atom is -0.461 e. The van der Waals surface area contributed by atoms with Crippen LogP contribution in [0.2, 0.25) is 0 Å². The molecule has 4 aromatic rings. The van der Waals surface area contributed by atoms with E-state index in [2.05, 4.69) is 5.32 Å². The molecule has 1 fully saturated rings. The quantitative estimate of drug-likeness (QED) is 0.404. The molecule has 0 bridgehead atoms. The van der Waals surface area contributed by atoms with Crippen molar-refractivity contribution in [1.29, 1.82) is 0 Å². The number of carbonyl (C=O) groups is 3. The fraction of sp³-hybridized carbons (Fsp3) is 0.129. The summed E-state index contributed by atoms with van der Waals surface area (Å²) in [5, 5.41) is 3.02. The molecule has 6 heteroatoms. The molecule has 1 spiro atoms. The minimum atomic E-state index is -1.33. The molecule has 0 radical (unpaired) electrons. The van der Waals surface area contributed by atoms with Crippen molar-refractivity contribution >= 4 is 34.9 Å². The first kappa shape index (κ1) is 21.6. The molecule has 0 unspecified atom stereocenters. The Bertz CT molecular complexity index is 1590. The van der Waals surface area contributed by atoms with Crippen LogP contribution in [-0.2, 0) is 10.2 Å². The van der Waals surface area contributed by atoms with Crippen LogP contribution in [-0.4, -0.2) is 29.6 Å². The van der Waals surface area contributed by atoms with E-state index >= 15 is 0 Å². The summed E-state index contributed by atoms with van der Waals surface area (Å²) < 4.78 is 5.56. The zero-order valence-corrected chi connectivity index (χ0v) is 19.7. The highest BCUT2D eigenvalue weighted by Gasteiger charge is 2.70. The molecule has 4 heterocycles. The lowest BCUT2D eigenvalue weighted by atomic mass is 9.64. The van der Waals surface area contributed by atoms with Crippen molar-refractivity contribution in [2.75, 3.05) is 10.2 Å².